The minimum atomic E-state index is 0.568. The molecule has 0 aromatic carbocycles. The molecule has 0 fully saturated rings. The van der Waals surface area contributed by atoms with Crippen molar-refractivity contribution in [3.63, 3.8) is 0 Å². The fourth-order valence-electron chi connectivity index (χ4n) is 1.41. The Morgan fingerprint density at radius 3 is 2.93 bits per heavy atom. The molecule has 0 atom stereocenters. The predicted molar refractivity (Wildman–Crippen MR) is 63.2 cm³/mol. The molecule has 0 bridgehead atoms. The molecule has 0 aliphatic rings. The van der Waals surface area contributed by atoms with Gasteiger partial charge in [-0.1, -0.05) is 25.4 Å². The molecule has 0 aliphatic carbocycles. The summed E-state index contributed by atoms with van der Waals surface area (Å²) >= 11 is 7.66. The molecule has 0 N–H and O–H groups in total. The van der Waals surface area contributed by atoms with E-state index < -0.39 is 0 Å². The number of hydrogen-bond donors (Lipinski definition) is 0. The number of aromatic nitrogens is 3. The lowest BCUT2D eigenvalue weighted by atomic mass is 10.2. The first-order chi connectivity index (χ1) is 7.18. The van der Waals surface area contributed by atoms with Crippen molar-refractivity contribution in [2.24, 2.45) is 5.92 Å². The van der Waals surface area contributed by atoms with Crippen LogP contribution in [-0.4, -0.2) is 14.8 Å². The second-order valence-electron chi connectivity index (χ2n) is 3.80. The van der Waals surface area contributed by atoms with Crippen molar-refractivity contribution in [3.05, 3.63) is 22.8 Å². The third-order valence-corrected chi connectivity index (χ3v) is 3.34. The van der Waals surface area contributed by atoms with Crippen LogP contribution in [0.2, 0.25) is 5.02 Å². The molecule has 15 heavy (non-hydrogen) atoms. The Bertz CT molecular complexity index is 447. The van der Waals surface area contributed by atoms with Gasteiger partial charge in [0.25, 0.3) is 0 Å². The van der Waals surface area contributed by atoms with Gasteiger partial charge in [-0.2, -0.15) is 0 Å². The quantitative estimate of drug-likeness (QED) is 0.826. The monoisotopic (exact) mass is 241 g/mol. The van der Waals surface area contributed by atoms with Crippen molar-refractivity contribution < 1.29 is 0 Å². The number of nitrogens with zero attached hydrogens (tertiary/aromatic N) is 3. The normalized spacial score (nSPS) is 11.2. The molecule has 5 heteroatoms. The molecule has 0 radical (unpaired) electrons. The first kappa shape index (κ1) is 10.6. The molecule has 0 spiro atoms. The predicted octanol–water partition coefficient (Wildman–Crippen LogP) is 3.32. The van der Waals surface area contributed by atoms with Crippen molar-refractivity contribution >= 4 is 22.9 Å². The molecule has 2 rings (SSSR count). The first-order valence-electron chi connectivity index (χ1n) is 4.79. The zero-order chi connectivity index (χ0) is 10.8. The molecule has 0 unspecified atom stereocenters. The summed E-state index contributed by atoms with van der Waals surface area (Å²) < 4.78 is 2.04. The lowest BCUT2D eigenvalue weighted by Crippen LogP contribution is -2.04. The highest BCUT2D eigenvalue weighted by atomic mass is 35.5. The molecule has 2 aromatic rings. The van der Waals surface area contributed by atoms with Crippen molar-refractivity contribution in [1.82, 2.24) is 14.8 Å². The van der Waals surface area contributed by atoms with Crippen LogP contribution < -0.4 is 0 Å². The van der Waals surface area contributed by atoms with Gasteiger partial charge in [0, 0.05) is 6.54 Å². The summed E-state index contributed by atoms with van der Waals surface area (Å²) in [5, 5.41) is 10.8. The van der Waals surface area contributed by atoms with Gasteiger partial charge in [0.15, 0.2) is 5.82 Å². The summed E-state index contributed by atoms with van der Waals surface area (Å²) in [6, 6.07) is 1.88. The van der Waals surface area contributed by atoms with Gasteiger partial charge >= 0.3 is 0 Å². The molecule has 2 heterocycles. The van der Waals surface area contributed by atoms with E-state index in [1.165, 1.54) is 0 Å². The molecular weight excluding hydrogens is 230 g/mol. The Labute approximate surface area is 97.7 Å². The molecule has 0 aliphatic heterocycles. The lowest BCUT2D eigenvalue weighted by Gasteiger charge is -2.07. The Kier molecular flexibility index (Phi) is 3.07. The number of thiophene rings is 1. The van der Waals surface area contributed by atoms with Crippen LogP contribution in [0.4, 0.5) is 0 Å². The third kappa shape index (κ3) is 2.21. The Morgan fingerprint density at radius 2 is 2.33 bits per heavy atom. The third-order valence-electron chi connectivity index (χ3n) is 2.00. The number of halogens is 1. The second-order valence-corrected chi connectivity index (χ2v) is 5.12. The van der Waals surface area contributed by atoms with E-state index in [0.29, 0.717) is 5.92 Å². The summed E-state index contributed by atoms with van der Waals surface area (Å²) in [5.74, 6) is 1.43. The van der Waals surface area contributed by atoms with Crippen LogP contribution >= 0.6 is 22.9 Å². The maximum Gasteiger partial charge on any atom is 0.175 e. The summed E-state index contributed by atoms with van der Waals surface area (Å²) in [6.45, 7) is 5.25. The standard InChI is InChI=1S/C10H12ClN3S/c1-7(2)5-14-6-12-13-10(14)9-8(11)3-4-15-9/h3-4,6-7H,5H2,1-2H3. The first-order valence-corrected chi connectivity index (χ1v) is 6.05. The fraction of sp³-hybridized carbons (Fsp3) is 0.400. The Balaban J connectivity index is 2.37. The molecule has 0 saturated carbocycles. The van der Waals surface area contributed by atoms with Gasteiger partial charge in [0.1, 0.15) is 6.33 Å². The average molecular weight is 242 g/mol. The van der Waals surface area contributed by atoms with E-state index >= 15 is 0 Å². The van der Waals surface area contributed by atoms with E-state index in [9.17, 15) is 0 Å². The highest BCUT2D eigenvalue weighted by Crippen LogP contribution is 2.31. The summed E-state index contributed by atoms with van der Waals surface area (Å²) in [5.41, 5.74) is 0. The molecular formula is C10H12ClN3S. The average Bonchev–Trinajstić information content (AvgIpc) is 2.73. The van der Waals surface area contributed by atoms with Crippen LogP contribution in [-0.2, 0) is 6.54 Å². The van der Waals surface area contributed by atoms with Crippen LogP contribution in [0.5, 0.6) is 0 Å². The number of hydrogen-bond acceptors (Lipinski definition) is 3. The van der Waals surface area contributed by atoms with Crippen molar-refractivity contribution in [2.75, 3.05) is 0 Å². The summed E-state index contributed by atoms with van der Waals surface area (Å²) in [6.07, 6.45) is 1.76. The van der Waals surface area contributed by atoms with Crippen molar-refractivity contribution in [3.8, 4) is 10.7 Å². The molecule has 0 saturated heterocycles. The van der Waals surface area contributed by atoms with Gasteiger partial charge in [0.2, 0.25) is 0 Å². The zero-order valence-corrected chi connectivity index (χ0v) is 10.2. The molecule has 80 valence electrons. The van der Waals surface area contributed by atoms with Gasteiger partial charge in [-0.05, 0) is 17.4 Å². The molecule has 2 aromatic heterocycles. The van der Waals surface area contributed by atoms with E-state index in [-0.39, 0.29) is 0 Å². The largest absolute Gasteiger partial charge is 0.313 e. The van der Waals surface area contributed by atoms with Gasteiger partial charge < -0.3 is 4.57 Å². The van der Waals surface area contributed by atoms with Gasteiger partial charge in [-0.25, -0.2) is 0 Å². The Hall–Kier alpha value is -0.870. The summed E-state index contributed by atoms with van der Waals surface area (Å²) in [7, 11) is 0. The van der Waals surface area contributed by atoms with Crippen LogP contribution in [0.1, 0.15) is 13.8 Å². The van der Waals surface area contributed by atoms with E-state index in [1.54, 1.807) is 17.7 Å². The van der Waals surface area contributed by atoms with Crippen LogP contribution in [0.25, 0.3) is 10.7 Å². The Morgan fingerprint density at radius 1 is 1.53 bits per heavy atom. The van der Waals surface area contributed by atoms with E-state index in [0.717, 1.165) is 22.3 Å². The molecule has 3 nitrogen and oxygen atoms in total. The van der Waals surface area contributed by atoms with Gasteiger partial charge in [-0.15, -0.1) is 21.5 Å². The maximum absolute atomic E-state index is 6.07. The second kappa shape index (κ2) is 4.33. The van der Waals surface area contributed by atoms with Crippen LogP contribution in [0.3, 0.4) is 0 Å². The smallest absolute Gasteiger partial charge is 0.175 e. The fourth-order valence-corrected chi connectivity index (χ4v) is 2.55. The minimum absolute atomic E-state index is 0.568. The SMILES string of the molecule is CC(C)Cn1cnnc1-c1sccc1Cl. The lowest BCUT2D eigenvalue weighted by molar-refractivity contribution is 0.525. The zero-order valence-electron chi connectivity index (χ0n) is 8.64. The number of rotatable bonds is 3. The van der Waals surface area contributed by atoms with E-state index in [2.05, 4.69) is 24.0 Å². The van der Waals surface area contributed by atoms with Gasteiger partial charge in [0.05, 0.1) is 9.90 Å². The van der Waals surface area contributed by atoms with Crippen LogP contribution in [0, 0.1) is 5.92 Å². The van der Waals surface area contributed by atoms with E-state index in [1.807, 2.05) is 16.0 Å². The van der Waals surface area contributed by atoms with Crippen LogP contribution in [0.15, 0.2) is 17.8 Å². The maximum atomic E-state index is 6.07. The summed E-state index contributed by atoms with van der Waals surface area (Å²) in [4.78, 5) is 0.995. The minimum Gasteiger partial charge on any atom is -0.313 e. The molecule has 0 amide bonds. The van der Waals surface area contributed by atoms with Crippen molar-refractivity contribution in [2.45, 2.75) is 20.4 Å². The topological polar surface area (TPSA) is 30.7 Å². The highest BCUT2D eigenvalue weighted by molar-refractivity contribution is 7.14. The van der Waals surface area contributed by atoms with Crippen molar-refractivity contribution in [1.29, 1.82) is 0 Å². The van der Waals surface area contributed by atoms with Gasteiger partial charge in [-0.3, -0.25) is 0 Å². The highest BCUT2D eigenvalue weighted by Gasteiger charge is 2.12. The van der Waals surface area contributed by atoms with E-state index in [4.69, 9.17) is 11.6 Å².